The molecule has 1 saturated heterocycles. The number of nitrogens with zero attached hydrogens (tertiary/aromatic N) is 1. The van der Waals surface area contributed by atoms with E-state index in [1.807, 2.05) is 12.1 Å². The SMILES string of the molecule is COc1ccc(CN2CCC(CNC(=O)CNC(=O)C3CC3)CC2)cc1. The van der Waals surface area contributed by atoms with Crippen molar-refractivity contribution < 1.29 is 14.3 Å². The molecule has 2 N–H and O–H groups in total. The summed E-state index contributed by atoms with van der Waals surface area (Å²) >= 11 is 0. The Bertz CT molecular complexity index is 605. The van der Waals surface area contributed by atoms with Crippen LogP contribution in [0.15, 0.2) is 24.3 Å². The lowest BCUT2D eigenvalue weighted by Crippen LogP contribution is -2.42. The van der Waals surface area contributed by atoms with Gasteiger partial charge in [0.1, 0.15) is 5.75 Å². The molecule has 0 radical (unpaired) electrons. The normalized spacial score (nSPS) is 18.3. The van der Waals surface area contributed by atoms with Gasteiger partial charge in [-0.3, -0.25) is 14.5 Å². The third kappa shape index (κ3) is 5.73. The smallest absolute Gasteiger partial charge is 0.239 e. The van der Waals surface area contributed by atoms with E-state index in [4.69, 9.17) is 4.74 Å². The van der Waals surface area contributed by atoms with Gasteiger partial charge in [-0.25, -0.2) is 0 Å². The summed E-state index contributed by atoms with van der Waals surface area (Å²) in [6, 6.07) is 8.22. The van der Waals surface area contributed by atoms with E-state index in [0.29, 0.717) is 12.5 Å². The van der Waals surface area contributed by atoms with Crippen LogP contribution in [-0.2, 0) is 16.1 Å². The number of carbonyl (C=O) groups excluding carboxylic acids is 2. The molecule has 1 aromatic carbocycles. The second kappa shape index (κ2) is 9.03. The van der Waals surface area contributed by atoms with Gasteiger partial charge in [-0.2, -0.15) is 0 Å². The van der Waals surface area contributed by atoms with Crippen LogP contribution in [0, 0.1) is 11.8 Å². The number of methoxy groups -OCH3 is 1. The lowest BCUT2D eigenvalue weighted by Gasteiger charge is -2.32. The Labute approximate surface area is 155 Å². The standard InChI is InChI=1S/C20H29N3O3/c1-26-18-6-2-16(3-7-18)14-23-10-8-15(9-11-23)12-21-19(24)13-22-20(25)17-4-5-17/h2-3,6-7,15,17H,4-5,8-14H2,1H3,(H,21,24)(H,22,25). The number of piperidine rings is 1. The highest BCUT2D eigenvalue weighted by Gasteiger charge is 2.29. The topological polar surface area (TPSA) is 70.7 Å². The Morgan fingerprint density at radius 1 is 1.08 bits per heavy atom. The minimum absolute atomic E-state index is 0.0204. The van der Waals surface area contributed by atoms with E-state index in [9.17, 15) is 9.59 Å². The van der Waals surface area contributed by atoms with Crippen LogP contribution in [0.5, 0.6) is 5.75 Å². The number of rotatable bonds is 8. The molecule has 0 spiro atoms. The van der Waals surface area contributed by atoms with E-state index in [0.717, 1.165) is 51.1 Å². The zero-order valence-corrected chi connectivity index (χ0v) is 15.5. The second-order valence-electron chi connectivity index (χ2n) is 7.36. The second-order valence-corrected chi connectivity index (χ2v) is 7.36. The number of amides is 2. The van der Waals surface area contributed by atoms with Crippen molar-refractivity contribution in [3.8, 4) is 5.75 Å². The summed E-state index contributed by atoms with van der Waals surface area (Å²) in [5, 5.41) is 5.66. The van der Waals surface area contributed by atoms with Gasteiger partial charge in [0.15, 0.2) is 0 Å². The molecule has 6 heteroatoms. The highest BCUT2D eigenvalue weighted by Crippen LogP contribution is 2.28. The number of likely N-dealkylation sites (tertiary alicyclic amines) is 1. The number of nitrogens with one attached hydrogen (secondary N) is 2. The third-order valence-corrected chi connectivity index (χ3v) is 5.23. The molecule has 142 valence electrons. The van der Waals surface area contributed by atoms with Crippen LogP contribution in [0.2, 0.25) is 0 Å². The lowest BCUT2D eigenvalue weighted by atomic mass is 9.96. The number of benzene rings is 1. The van der Waals surface area contributed by atoms with Crippen LogP contribution in [0.3, 0.4) is 0 Å². The molecule has 1 saturated carbocycles. The lowest BCUT2D eigenvalue weighted by molar-refractivity contribution is -0.126. The average Bonchev–Trinajstić information content (AvgIpc) is 3.51. The molecule has 2 amide bonds. The molecule has 0 atom stereocenters. The first-order valence-electron chi connectivity index (χ1n) is 9.53. The van der Waals surface area contributed by atoms with E-state index >= 15 is 0 Å². The molecule has 1 aliphatic heterocycles. The zero-order valence-electron chi connectivity index (χ0n) is 15.5. The molecular weight excluding hydrogens is 330 g/mol. The molecule has 1 heterocycles. The van der Waals surface area contributed by atoms with Gasteiger partial charge in [0.25, 0.3) is 0 Å². The summed E-state index contributed by atoms with van der Waals surface area (Å²) in [6.45, 7) is 3.85. The van der Waals surface area contributed by atoms with Crippen molar-refractivity contribution in [1.29, 1.82) is 0 Å². The van der Waals surface area contributed by atoms with E-state index < -0.39 is 0 Å². The number of hydrogen-bond acceptors (Lipinski definition) is 4. The molecule has 3 rings (SSSR count). The van der Waals surface area contributed by atoms with Gasteiger partial charge in [0.05, 0.1) is 13.7 Å². The predicted octanol–water partition coefficient (Wildman–Crippen LogP) is 1.55. The van der Waals surface area contributed by atoms with Gasteiger partial charge < -0.3 is 15.4 Å². The van der Waals surface area contributed by atoms with Crippen molar-refractivity contribution in [2.24, 2.45) is 11.8 Å². The van der Waals surface area contributed by atoms with Crippen molar-refractivity contribution in [3.63, 3.8) is 0 Å². The fourth-order valence-corrected chi connectivity index (χ4v) is 3.32. The van der Waals surface area contributed by atoms with Crippen molar-refractivity contribution >= 4 is 11.8 Å². The summed E-state index contributed by atoms with van der Waals surface area (Å²) in [7, 11) is 1.68. The average molecular weight is 359 g/mol. The van der Waals surface area contributed by atoms with Gasteiger partial charge >= 0.3 is 0 Å². The maximum atomic E-state index is 11.8. The minimum Gasteiger partial charge on any atom is -0.497 e. The van der Waals surface area contributed by atoms with E-state index in [-0.39, 0.29) is 24.3 Å². The number of hydrogen-bond donors (Lipinski definition) is 2. The van der Waals surface area contributed by atoms with Crippen LogP contribution in [0.25, 0.3) is 0 Å². The van der Waals surface area contributed by atoms with Crippen molar-refractivity contribution in [1.82, 2.24) is 15.5 Å². The van der Waals surface area contributed by atoms with Crippen molar-refractivity contribution in [2.45, 2.75) is 32.2 Å². The van der Waals surface area contributed by atoms with Crippen LogP contribution < -0.4 is 15.4 Å². The third-order valence-electron chi connectivity index (χ3n) is 5.23. The first-order chi connectivity index (χ1) is 12.6. The summed E-state index contributed by atoms with van der Waals surface area (Å²) in [4.78, 5) is 25.8. The molecule has 0 unspecified atom stereocenters. The monoisotopic (exact) mass is 359 g/mol. The molecule has 2 fully saturated rings. The zero-order chi connectivity index (χ0) is 18.4. The van der Waals surface area contributed by atoms with Crippen molar-refractivity contribution in [2.75, 3.05) is 33.3 Å². The Kier molecular flexibility index (Phi) is 6.50. The maximum absolute atomic E-state index is 11.8. The molecule has 2 aliphatic rings. The molecule has 6 nitrogen and oxygen atoms in total. The Morgan fingerprint density at radius 3 is 2.38 bits per heavy atom. The fourth-order valence-electron chi connectivity index (χ4n) is 3.32. The summed E-state index contributed by atoms with van der Waals surface area (Å²) < 4.78 is 5.19. The van der Waals surface area contributed by atoms with E-state index in [1.165, 1.54) is 5.56 Å². The van der Waals surface area contributed by atoms with Gasteiger partial charge in [-0.05, 0) is 62.4 Å². The van der Waals surface area contributed by atoms with Gasteiger partial charge in [-0.1, -0.05) is 12.1 Å². The molecule has 0 bridgehead atoms. The van der Waals surface area contributed by atoms with Gasteiger partial charge in [0.2, 0.25) is 11.8 Å². The molecule has 1 aromatic rings. The maximum Gasteiger partial charge on any atom is 0.239 e. The summed E-state index contributed by atoms with van der Waals surface area (Å²) in [5.74, 6) is 1.49. The van der Waals surface area contributed by atoms with Crippen LogP contribution in [0.4, 0.5) is 0 Å². The van der Waals surface area contributed by atoms with E-state index in [1.54, 1.807) is 7.11 Å². The Balaban J connectivity index is 1.30. The minimum atomic E-state index is -0.0836. The number of carbonyl (C=O) groups is 2. The van der Waals surface area contributed by atoms with Gasteiger partial charge in [0, 0.05) is 19.0 Å². The molecular formula is C20H29N3O3. The Morgan fingerprint density at radius 2 is 1.77 bits per heavy atom. The largest absolute Gasteiger partial charge is 0.497 e. The van der Waals surface area contributed by atoms with Crippen molar-refractivity contribution in [3.05, 3.63) is 29.8 Å². The fraction of sp³-hybridized carbons (Fsp3) is 0.600. The molecule has 1 aliphatic carbocycles. The highest BCUT2D eigenvalue weighted by atomic mass is 16.5. The molecule has 0 aromatic heterocycles. The van der Waals surface area contributed by atoms with E-state index in [2.05, 4.69) is 27.7 Å². The van der Waals surface area contributed by atoms with Crippen LogP contribution in [-0.4, -0.2) is 50.0 Å². The molecule has 26 heavy (non-hydrogen) atoms. The highest BCUT2D eigenvalue weighted by molar-refractivity contribution is 5.86. The Hall–Kier alpha value is -2.08. The number of ether oxygens (including phenoxy) is 1. The predicted molar refractivity (Wildman–Crippen MR) is 99.7 cm³/mol. The quantitative estimate of drug-likeness (QED) is 0.739. The first-order valence-corrected chi connectivity index (χ1v) is 9.53. The first kappa shape index (κ1) is 18.7. The summed E-state index contributed by atoms with van der Waals surface area (Å²) in [5.41, 5.74) is 1.30. The van der Waals surface area contributed by atoms with Gasteiger partial charge in [-0.15, -0.1) is 0 Å². The summed E-state index contributed by atoms with van der Waals surface area (Å²) in [6.07, 6.45) is 4.10. The van der Waals surface area contributed by atoms with Crippen LogP contribution >= 0.6 is 0 Å². The van der Waals surface area contributed by atoms with Crippen LogP contribution in [0.1, 0.15) is 31.2 Å².